The summed E-state index contributed by atoms with van der Waals surface area (Å²) in [7, 11) is 1.20. The van der Waals surface area contributed by atoms with Gasteiger partial charge in [0.1, 0.15) is 0 Å². The van der Waals surface area contributed by atoms with Gasteiger partial charge in [-0.25, -0.2) is 9.79 Å². The van der Waals surface area contributed by atoms with E-state index >= 15 is 0 Å². The van der Waals surface area contributed by atoms with Crippen LogP contribution in [0.3, 0.4) is 0 Å². The standard InChI is InChI=1S/C25H24N4O4S/c1-3-22(30)28-24(29-25(32)33-2)27-20-15-14-19(34-18-12-8-5-9-13-18)16-21(20)26-23(31)17-10-6-4-7-11-17/h4-16H,3H2,1-2H3,(H,26,31)(H2,27,28,29,30,32). The monoisotopic (exact) mass is 476 g/mol. The van der Waals surface area contributed by atoms with E-state index in [1.807, 2.05) is 42.5 Å². The van der Waals surface area contributed by atoms with Crippen molar-refractivity contribution in [3.05, 3.63) is 84.4 Å². The van der Waals surface area contributed by atoms with Crippen LogP contribution < -0.4 is 16.0 Å². The average molecular weight is 477 g/mol. The van der Waals surface area contributed by atoms with Gasteiger partial charge in [0, 0.05) is 21.8 Å². The topological polar surface area (TPSA) is 109 Å². The van der Waals surface area contributed by atoms with Gasteiger partial charge in [-0.15, -0.1) is 0 Å². The van der Waals surface area contributed by atoms with Crippen LogP contribution in [0.2, 0.25) is 0 Å². The summed E-state index contributed by atoms with van der Waals surface area (Å²) in [6, 6.07) is 23.9. The van der Waals surface area contributed by atoms with E-state index in [2.05, 4.69) is 25.7 Å². The predicted molar refractivity (Wildman–Crippen MR) is 132 cm³/mol. The summed E-state index contributed by atoms with van der Waals surface area (Å²) in [5, 5.41) is 7.79. The summed E-state index contributed by atoms with van der Waals surface area (Å²) in [5.74, 6) is -0.780. The number of aliphatic imine (C=N–C) groups is 1. The van der Waals surface area contributed by atoms with Crippen LogP contribution in [0.4, 0.5) is 16.2 Å². The average Bonchev–Trinajstić information content (AvgIpc) is 2.86. The van der Waals surface area contributed by atoms with E-state index in [0.29, 0.717) is 16.9 Å². The van der Waals surface area contributed by atoms with Crippen molar-refractivity contribution in [2.24, 2.45) is 4.99 Å². The van der Waals surface area contributed by atoms with E-state index in [9.17, 15) is 14.4 Å². The van der Waals surface area contributed by atoms with Crippen LogP contribution in [-0.4, -0.2) is 31.0 Å². The number of nitrogens with zero attached hydrogens (tertiary/aromatic N) is 1. The molecule has 0 aromatic heterocycles. The minimum absolute atomic E-state index is 0.114. The Morgan fingerprint density at radius 1 is 0.882 bits per heavy atom. The molecule has 9 heteroatoms. The second-order valence-electron chi connectivity index (χ2n) is 6.89. The summed E-state index contributed by atoms with van der Waals surface area (Å²) < 4.78 is 4.62. The van der Waals surface area contributed by atoms with Crippen LogP contribution in [0.25, 0.3) is 0 Å². The summed E-state index contributed by atoms with van der Waals surface area (Å²) in [4.78, 5) is 42.8. The number of rotatable bonds is 6. The Morgan fingerprint density at radius 3 is 2.21 bits per heavy atom. The molecular formula is C25H24N4O4S. The molecule has 3 rings (SSSR count). The Kier molecular flexibility index (Phi) is 8.81. The molecule has 0 unspecified atom stereocenters. The normalized spacial score (nSPS) is 10.8. The molecule has 34 heavy (non-hydrogen) atoms. The summed E-state index contributed by atoms with van der Waals surface area (Å²) in [6.45, 7) is 1.67. The van der Waals surface area contributed by atoms with Crippen LogP contribution >= 0.6 is 11.8 Å². The van der Waals surface area contributed by atoms with E-state index in [-0.39, 0.29) is 24.2 Å². The van der Waals surface area contributed by atoms with Gasteiger partial charge in [-0.3, -0.25) is 20.2 Å². The number of carbonyl (C=O) groups is 3. The Balaban J connectivity index is 1.98. The van der Waals surface area contributed by atoms with Crippen LogP contribution in [0, 0.1) is 0 Å². The number of nitrogens with one attached hydrogen (secondary N) is 3. The fourth-order valence-electron chi connectivity index (χ4n) is 2.76. The number of ether oxygens (including phenoxy) is 1. The highest BCUT2D eigenvalue weighted by Gasteiger charge is 2.14. The zero-order valence-electron chi connectivity index (χ0n) is 18.7. The number of methoxy groups -OCH3 is 1. The molecule has 3 aromatic carbocycles. The molecule has 0 fully saturated rings. The maximum atomic E-state index is 12.8. The smallest absolute Gasteiger partial charge is 0.413 e. The molecule has 3 aromatic rings. The largest absolute Gasteiger partial charge is 0.453 e. The van der Waals surface area contributed by atoms with Gasteiger partial charge in [0.05, 0.1) is 18.5 Å². The van der Waals surface area contributed by atoms with Gasteiger partial charge >= 0.3 is 6.09 Å². The molecule has 0 atom stereocenters. The van der Waals surface area contributed by atoms with E-state index in [1.54, 1.807) is 43.3 Å². The van der Waals surface area contributed by atoms with Crippen LogP contribution in [-0.2, 0) is 9.53 Å². The highest BCUT2D eigenvalue weighted by atomic mass is 32.2. The third-order valence-electron chi connectivity index (χ3n) is 4.45. The minimum atomic E-state index is -0.790. The van der Waals surface area contributed by atoms with Gasteiger partial charge in [-0.05, 0) is 42.5 Å². The fraction of sp³-hybridized carbons (Fsp3) is 0.120. The highest BCUT2D eigenvalue weighted by molar-refractivity contribution is 7.99. The lowest BCUT2D eigenvalue weighted by molar-refractivity contribution is -0.119. The Bertz CT molecular complexity index is 1160. The molecule has 0 aliphatic carbocycles. The predicted octanol–water partition coefficient (Wildman–Crippen LogP) is 4.96. The number of hydrogen-bond acceptors (Lipinski definition) is 6. The van der Waals surface area contributed by atoms with Gasteiger partial charge < -0.3 is 10.1 Å². The third kappa shape index (κ3) is 7.21. The van der Waals surface area contributed by atoms with Crippen LogP contribution in [0.1, 0.15) is 23.7 Å². The zero-order valence-corrected chi connectivity index (χ0v) is 19.5. The van der Waals surface area contributed by atoms with Crippen LogP contribution in [0.15, 0.2) is 93.6 Å². The van der Waals surface area contributed by atoms with Gasteiger partial charge in [0.15, 0.2) is 0 Å². The molecule has 174 valence electrons. The highest BCUT2D eigenvalue weighted by Crippen LogP contribution is 2.34. The quantitative estimate of drug-likeness (QED) is 0.344. The summed E-state index contributed by atoms with van der Waals surface area (Å²) in [5.41, 5.74) is 1.22. The number of anilines is 1. The van der Waals surface area contributed by atoms with Gasteiger partial charge in [0.2, 0.25) is 11.9 Å². The first-order valence-electron chi connectivity index (χ1n) is 10.5. The molecule has 3 N–H and O–H groups in total. The molecule has 8 nitrogen and oxygen atoms in total. The van der Waals surface area contributed by atoms with Crippen LogP contribution in [0.5, 0.6) is 0 Å². The molecule has 0 aliphatic heterocycles. The zero-order chi connectivity index (χ0) is 24.3. The van der Waals surface area contributed by atoms with Crippen molar-refractivity contribution < 1.29 is 19.1 Å². The van der Waals surface area contributed by atoms with E-state index in [4.69, 9.17) is 0 Å². The SMILES string of the molecule is CCC(=O)NC(=Nc1ccc(Sc2ccccc2)cc1NC(=O)c1ccccc1)NC(=O)OC. The van der Waals surface area contributed by atoms with Gasteiger partial charge in [0.25, 0.3) is 5.91 Å². The molecule has 0 bridgehead atoms. The fourth-order valence-corrected chi connectivity index (χ4v) is 3.64. The molecule has 0 heterocycles. The number of carbonyl (C=O) groups excluding carboxylic acids is 3. The van der Waals surface area contributed by atoms with Gasteiger partial charge in [-0.2, -0.15) is 0 Å². The Morgan fingerprint density at radius 2 is 1.56 bits per heavy atom. The maximum absolute atomic E-state index is 12.8. The minimum Gasteiger partial charge on any atom is -0.453 e. The van der Waals surface area contributed by atoms with E-state index in [1.165, 1.54) is 18.9 Å². The summed E-state index contributed by atoms with van der Waals surface area (Å²) >= 11 is 1.52. The number of alkyl carbamates (subject to hydrolysis) is 1. The Labute approximate surface area is 201 Å². The van der Waals surface area contributed by atoms with Crippen molar-refractivity contribution in [3.8, 4) is 0 Å². The van der Waals surface area contributed by atoms with Crippen molar-refractivity contribution in [1.29, 1.82) is 0 Å². The second-order valence-corrected chi connectivity index (χ2v) is 8.04. The first-order chi connectivity index (χ1) is 16.5. The number of hydrogen-bond donors (Lipinski definition) is 3. The first-order valence-corrected chi connectivity index (χ1v) is 11.3. The molecule has 0 aliphatic rings. The van der Waals surface area contributed by atoms with Crippen molar-refractivity contribution in [2.45, 2.75) is 23.1 Å². The van der Waals surface area contributed by atoms with E-state index < -0.39 is 6.09 Å². The number of benzene rings is 3. The number of guanidine groups is 1. The third-order valence-corrected chi connectivity index (χ3v) is 5.45. The lowest BCUT2D eigenvalue weighted by atomic mass is 10.2. The van der Waals surface area contributed by atoms with Crippen molar-refractivity contribution in [1.82, 2.24) is 10.6 Å². The van der Waals surface area contributed by atoms with Crippen molar-refractivity contribution >= 4 is 47.0 Å². The molecule has 0 radical (unpaired) electrons. The molecule has 0 saturated carbocycles. The first kappa shape index (κ1) is 24.5. The molecular weight excluding hydrogens is 452 g/mol. The number of amides is 3. The second kappa shape index (κ2) is 12.2. The lowest BCUT2D eigenvalue weighted by Gasteiger charge is -2.13. The van der Waals surface area contributed by atoms with Gasteiger partial charge in [-0.1, -0.05) is 55.1 Å². The summed E-state index contributed by atoms with van der Waals surface area (Å²) in [6.07, 6.45) is -0.604. The maximum Gasteiger partial charge on any atom is 0.413 e. The van der Waals surface area contributed by atoms with Crippen molar-refractivity contribution in [2.75, 3.05) is 12.4 Å². The van der Waals surface area contributed by atoms with E-state index in [0.717, 1.165) is 9.79 Å². The van der Waals surface area contributed by atoms with Crippen molar-refractivity contribution in [3.63, 3.8) is 0 Å². The Hall–Kier alpha value is -4.11. The lowest BCUT2D eigenvalue weighted by Crippen LogP contribution is -2.43. The molecule has 3 amide bonds. The molecule has 0 spiro atoms. The molecule has 0 saturated heterocycles.